The number of amides is 1. The molecule has 4 fully saturated rings. The highest BCUT2D eigenvalue weighted by Crippen LogP contribution is 2.57. The van der Waals surface area contributed by atoms with E-state index in [2.05, 4.69) is 5.32 Å². The van der Waals surface area contributed by atoms with Crippen LogP contribution in [0.25, 0.3) is 0 Å². The molecule has 0 radical (unpaired) electrons. The fraction of sp³-hybridized carbons (Fsp3) is 0.929. The van der Waals surface area contributed by atoms with Crippen LogP contribution in [0.4, 0.5) is 0 Å². The predicted octanol–water partition coefficient (Wildman–Crippen LogP) is 2.58. The highest BCUT2D eigenvalue weighted by atomic mass is 16.1. The van der Waals surface area contributed by atoms with Gasteiger partial charge in [0.05, 0.1) is 0 Å². The van der Waals surface area contributed by atoms with Gasteiger partial charge in [0.25, 0.3) is 0 Å². The number of rotatable bonds is 3. The summed E-state index contributed by atoms with van der Waals surface area (Å²) in [6, 6.07) is 0. The van der Waals surface area contributed by atoms with Gasteiger partial charge in [-0.05, 0) is 68.1 Å². The van der Waals surface area contributed by atoms with Crippen LogP contribution in [0.1, 0.15) is 45.4 Å². The summed E-state index contributed by atoms with van der Waals surface area (Å²) in [6.45, 7) is 2.53. The van der Waals surface area contributed by atoms with Crippen LogP contribution in [0, 0.1) is 29.6 Å². The Morgan fingerprint density at radius 3 is 2.12 bits per heavy atom. The molecule has 2 heteroatoms. The van der Waals surface area contributed by atoms with E-state index in [1.54, 1.807) is 6.92 Å². The Kier molecular flexibility index (Phi) is 2.68. The average molecular weight is 221 g/mol. The Bertz CT molecular complexity index is 258. The first-order chi connectivity index (χ1) is 7.72. The van der Waals surface area contributed by atoms with Crippen LogP contribution in [-0.2, 0) is 4.79 Å². The van der Waals surface area contributed by atoms with Gasteiger partial charge in [-0.25, -0.2) is 0 Å². The van der Waals surface area contributed by atoms with Crippen molar-refractivity contribution in [2.75, 3.05) is 6.54 Å². The van der Waals surface area contributed by atoms with Crippen molar-refractivity contribution >= 4 is 5.91 Å². The van der Waals surface area contributed by atoms with Gasteiger partial charge < -0.3 is 5.32 Å². The van der Waals surface area contributed by atoms with Gasteiger partial charge in [0.1, 0.15) is 0 Å². The lowest BCUT2D eigenvalue weighted by molar-refractivity contribution is -0.119. The molecule has 0 aromatic carbocycles. The van der Waals surface area contributed by atoms with E-state index in [0.29, 0.717) is 0 Å². The highest BCUT2D eigenvalue weighted by Gasteiger charge is 2.47. The van der Waals surface area contributed by atoms with Gasteiger partial charge in [0.15, 0.2) is 0 Å². The second kappa shape index (κ2) is 4.05. The lowest BCUT2D eigenvalue weighted by Crippen LogP contribution is -2.45. The summed E-state index contributed by atoms with van der Waals surface area (Å²) in [5, 5.41) is 2.97. The molecule has 0 saturated heterocycles. The van der Waals surface area contributed by atoms with Crippen LogP contribution in [0.2, 0.25) is 0 Å². The summed E-state index contributed by atoms with van der Waals surface area (Å²) in [7, 11) is 0. The van der Waals surface area contributed by atoms with Crippen LogP contribution >= 0.6 is 0 Å². The molecule has 1 amide bonds. The molecule has 0 aliphatic heterocycles. The summed E-state index contributed by atoms with van der Waals surface area (Å²) < 4.78 is 0. The topological polar surface area (TPSA) is 29.1 Å². The monoisotopic (exact) mass is 221 g/mol. The van der Waals surface area contributed by atoms with Gasteiger partial charge in [-0.15, -0.1) is 0 Å². The zero-order chi connectivity index (χ0) is 11.1. The highest BCUT2D eigenvalue weighted by molar-refractivity contribution is 5.72. The second-order valence-electron chi connectivity index (χ2n) is 6.37. The molecule has 1 N–H and O–H groups in total. The van der Waals surface area contributed by atoms with Crippen LogP contribution < -0.4 is 5.32 Å². The van der Waals surface area contributed by atoms with E-state index in [9.17, 15) is 4.79 Å². The maximum Gasteiger partial charge on any atom is 0.216 e. The van der Waals surface area contributed by atoms with Crippen molar-refractivity contribution in [2.45, 2.75) is 45.4 Å². The Morgan fingerprint density at radius 2 is 1.62 bits per heavy atom. The molecule has 0 atom stereocenters. The van der Waals surface area contributed by atoms with Crippen molar-refractivity contribution in [1.29, 1.82) is 0 Å². The van der Waals surface area contributed by atoms with Crippen molar-refractivity contribution in [3.05, 3.63) is 0 Å². The third-order valence-electron chi connectivity index (χ3n) is 5.27. The minimum absolute atomic E-state index is 0.129. The fourth-order valence-electron chi connectivity index (χ4n) is 4.92. The molecule has 4 aliphatic carbocycles. The van der Waals surface area contributed by atoms with E-state index in [4.69, 9.17) is 0 Å². The largest absolute Gasteiger partial charge is 0.356 e. The zero-order valence-corrected chi connectivity index (χ0v) is 10.2. The molecular weight excluding hydrogens is 198 g/mol. The summed E-state index contributed by atoms with van der Waals surface area (Å²) in [5.41, 5.74) is 0. The van der Waals surface area contributed by atoms with Crippen molar-refractivity contribution in [2.24, 2.45) is 29.6 Å². The minimum atomic E-state index is 0.129. The normalized spacial score (nSPS) is 44.7. The number of nitrogens with one attached hydrogen (secondary N) is 1. The van der Waals surface area contributed by atoms with Crippen LogP contribution in [0.15, 0.2) is 0 Å². The molecule has 4 saturated carbocycles. The van der Waals surface area contributed by atoms with E-state index >= 15 is 0 Å². The van der Waals surface area contributed by atoms with Crippen molar-refractivity contribution in [1.82, 2.24) is 5.32 Å². The van der Waals surface area contributed by atoms with Crippen molar-refractivity contribution in [3.8, 4) is 0 Å². The number of carbonyl (C=O) groups excluding carboxylic acids is 1. The molecule has 90 valence electrons. The number of hydrogen-bond donors (Lipinski definition) is 1. The molecule has 0 spiro atoms. The molecule has 0 aromatic rings. The van der Waals surface area contributed by atoms with Gasteiger partial charge in [-0.2, -0.15) is 0 Å². The summed E-state index contributed by atoms with van der Waals surface area (Å²) in [6.07, 6.45) is 8.75. The Labute approximate surface area is 98.2 Å². The second-order valence-corrected chi connectivity index (χ2v) is 6.37. The lowest BCUT2D eigenvalue weighted by Gasteiger charge is -2.54. The maximum atomic E-state index is 10.9. The summed E-state index contributed by atoms with van der Waals surface area (Å²) in [5.74, 6) is 5.21. The lowest BCUT2D eigenvalue weighted by atomic mass is 9.51. The molecular formula is C14H23NO. The Morgan fingerprint density at radius 1 is 1.06 bits per heavy atom. The average Bonchev–Trinajstić information content (AvgIpc) is 2.20. The standard InChI is InChI=1S/C14H23NO/c1-9(16)15-3-2-14-12-5-10-4-11(7-12)8-13(14)6-10/h10-14H,2-8H2,1H3,(H,15,16). The molecule has 0 aromatic heterocycles. The predicted molar refractivity (Wildman–Crippen MR) is 63.8 cm³/mol. The van der Waals surface area contributed by atoms with Crippen LogP contribution in [0.3, 0.4) is 0 Å². The molecule has 2 nitrogen and oxygen atoms in total. The van der Waals surface area contributed by atoms with Crippen LogP contribution in [-0.4, -0.2) is 12.5 Å². The van der Waals surface area contributed by atoms with Gasteiger partial charge >= 0.3 is 0 Å². The number of hydrogen-bond acceptors (Lipinski definition) is 1. The smallest absolute Gasteiger partial charge is 0.216 e. The third kappa shape index (κ3) is 1.87. The maximum absolute atomic E-state index is 10.9. The van der Waals surface area contributed by atoms with Crippen LogP contribution in [0.5, 0.6) is 0 Å². The number of carbonyl (C=O) groups is 1. The van der Waals surface area contributed by atoms with E-state index < -0.39 is 0 Å². The Balaban J connectivity index is 1.57. The van der Waals surface area contributed by atoms with Crippen molar-refractivity contribution < 1.29 is 4.79 Å². The van der Waals surface area contributed by atoms with Gasteiger partial charge in [0.2, 0.25) is 5.91 Å². The molecule has 0 heterocycles. The van der Waals surface area contributed by atoms with E-state index in [1.807, 2.05) is 0 Å². The van der Waals surface area contributed by atoms with Crippen molar-refractivity contribution in [3.63, 3.8) is 0 Å². The minimum Gasteiger partial charge on any atom is -0.356 e. The molecule has 16 heavy (non-hydrogen) atoms. The van der Waals surface area contributed by atoms with E-state index in [0.717, 1.165) is 36.1 Å². The van der Waals surface area contributed by atoms with E-state index in [1.165, 1.54) is 38.5 Å². The Hall–Kier alpha value is -0.530. The molecule has 4 rings (SSSR count). The van der Waals surface area contributed by atoms with Gasteiger partial charge in [-0.1, -0.05) is 0 Å². The fourth-order valence-corrected chi connectivity index (χ4v) is 4.92. The van der Waals surface area contributed by atoms with E-state index in [-0.39, 0.29) is 5.91 Å². The molecule has 4 aliphatic rings. The zero-order valence-electron chi connectivity index (χ0n) is 10.2. The summed E-state index contributed by atoms with van der Waals surface area (Å²) >= 11 is 0. The quantitative estimate of drug-likeness (QED) is 0.779. The first-order valence-electron chi connectivity index (χ1n) is 6.97. The summed E-state index contributed by atoms with van der Waals surface area (Å²) in [4.78, 5) is 10.9. The SMILES string of the molecule is CC(=O)NCCC1C2CC3CC(C2)CC1C3. The van der Waals surface area contributed by atoms with Gasteiger partial charge in [0, 0.05) is 13.5 Å². The van der Waals surface area contributed by atoms with Gasteiger partial charge in [-0.3, -0.25) is 4.79 Å². The first-order valence-corrected chi connectivity index (χ1v) is 6.97. The molecule has 0 unspecified atom stereocenters. The first kappa shape index (κ1) is 10.6. The molecule has 4 bridgehead atoms. The third-order valence-corrected chi connectivity index (χ3v) is 5.27.